The van der Waals surface area contributed by atoms with Crippen LogP contribution in [0.3, 0.4) is 0 Å². The molecule has 2 aromatic carbocycles. The predicted octanol–water partition coefficient (Wildman–Crippen LogP) is 3.30. The van der Waals surface area contributed by atoms with Crippen LogP contribution in [-0.4, -0.2) is 55.9 Å². The summed E-state index contributed by atoms with van der Waals surface area (Å²) in [5.74, 6) is -2.02. The third-order valence-corrected chi connectivity index (χ3v) is 4.61. The molecule has 0 saturated carbocycles. The number of rotatable bonds is 11. The monoisotopic (exact) mass is 483 g/mol. The van der Waals surface area contributed by atoms with Crippen LogP contribution in [0.1, 0.15) is 28.8 Å². The molecule has 0 aromatic heterocycles. The number of nitrogens with zero attached hydrogens (tertiary/aromatic N) is 1. The number of amidine groups is 1. The molecule has 0 aliphatic rings. The molecule has 0 aliphatic heterocycles. The number of carbonyl (C=O) groups excluding carboxylic acids is 3. The summed E-state index contributed by atoms with van der Waals surface area (Å²) >= 11 is 0. The van der Waals surface area contributed by atoms with E-state index < -0.39 is 23.7 Å². The Morgan fingerprint density at radius 1 is 1.06 bits per heavy atom. The first-order valence-corrected chi connectivity index (χ1v) is 11.0. The van der Waals surface area contributed by atoms with Crippen molar-refractivity contribution in [3.05, 3.63) is 77.6 Å². The van der Waals surface area contributed by atoms with Gasteiger partial charge in [0.1, 0.15) is 11.7 Å². The fraction of sp³-hybridized carbons (Fsp3) is 0.280. The minimum absolute atomic E-state index is 0.0642. The molecule has 4 N–H and O–H groups in total. The Bertz CT molecular complexity index is 1070. The van der Waals surface area contributed by atoms with Crippen molar-refractivity contribution in [1.29, 1.82) is 5.41 Å². The lowest BCUT2D eigenvalue weighted by molar-refractivity contribution is -0.116. The maximum atomic E-state index is 13.2. The van der Waals surface area contributed by atoms with Gasteiger partial charge in [-0.05, 0) is 75.5 Å². The fourth-order valence-electron chi connectivity index (χ4n) is 2.88. The second kappa shape index (κ2) is 14.3. The van der Waals surface area contributed by atoms with E-state index in [2.05, 4.69) is 20.9 Å². The van der Waals surface area contributed by atoms with Crippen molar-refractivity contribution in [1.82, 2.24) is 15.5 Å². The Kier molecular flexibility index (Phi) is 11.1. The Morgan fingerprint density at radius 3 is 2.57 bits per heavy atom. The van der Waals surface area contributed by atoms with Crippen molar-refractivity contribution in [3.8, 4) is 0 Å². The number of amides is 3. The number of anilines is 1. The van der Waals surface area contributed by atoms with Crippen molar-refractivity contribution < 1.29 is 23.5 Å². The van der Waals surface area contributed by atoms with Crippen molar-refractivity contribution in [2.24, 2.45) is 0 Å². The molecule has 0 fully saturated rings. The van der Waals surface area contributed by atoms with Gasteiger partial charge in [-0.3, -0.25) is 20.3 Å². The van der Waals surface area contributed by atoms with Gasteiger partial charge in [0.15, 0.2) is 0 Å². The normalized spacial score (nSPS) is 10.7. The van der Waals surface area contributed by atoms with Crippen LogP contribution in [-0.2, 0) is 16.1 Å². The molecule has 35 heavy (non-hydrogen) atoms. The quantitative estimate of drug-likeness (QED) is 0.169. The third-order valence-electron chi connectivity index (χ3n) is 4.61. The number of halogens is 1. The highest BCUT2D eigenvalue weighted by molar-refractivity contribution is 6.10. The molecule has 0 saturated heterocycles. The van der Waals surface area contributed by atoms with E-state index in [0.717, 1.165) is 43.2 Å². The van der Waals surface area contributed by atoms with E-state index in [0.29, 0.717) is 12.3 Å². The highest BCUT2D eigenvalue weighted by atomic mass is 19.1. The van der Waals surface area contributed by atoms with E-state index in [1.807, 2.05) is 14.1 Å². The van der Waals surface area contributed by atoms with Crippen LogP contribution in [0.5, 0.6) is 0 Å². The van der Waals surface area contributed by atoms with Crippen molar-refractivity contribution >= 4 is 29.4 Å². The molecule has 0 unspecified atom stereocenters. The van der Waals surface area contributed by atoms with Gasteiger partial charge in [-0.15, -0.1) is 0 Å². The number of unbranched alkanes of at least 4 members (excludes halogenated alkanes) is 1. The maximum absolute atomic E-state index is 13.2. The first-order chi connectivity index (χ1) is 16.7. The van der Waals surface area contributed by atoms with Crippen molar-refractivity contribution in [3.63, 3.8) is 0 Å². The van der Waals surface area contributed by atoms with Gasteiger partial charge in [0.2, 0.25) is 5.91 Å². The average Bonchev–Trinajstić information content (AvgIpc) is 2.81. The summed E-state index contributed by atoms with van der Waals surface area (Å²) < 4.78 is 18.4. The topological polar surface area (TPSA) is 124 Å². The zero-order valence-electron chi connectivity index (χ0n) is 19.8. The Labute approximate surface area is 203 Å². The molecule has 0 spiro atoms. The second-order valence-electron chi connectivity index (χ2n) is 7.90. The van der Waals surface area contributed by atoms with E-state index in [4.69, 9.17) is 10.1 Å². The third kappa shape index (κ3) is 11.1. The van der Waals surface area contributed by atoms with Crippen LogP contribution in [0.4, 0.5) is 14.9 Å². The molecule has 3 amide bonds. The smallest absolute Gasteiger partial charge is 0.411 e. The van der Waals surface area contributed by atoms with Crippen LogP contribution >= 0.6 is 0 Å². The molecule has 9 nitrogen and oxygen atoms in total. The summed E-state index contributed by atoms with van der Waals surface area (Å²) in [6, 6.07) is 12.0. The molecular weight excluding hydrogens is 453 g/mol. The molecule has 0 aliphatic carbocycles. The summed E-state index contributed by atoms with van der Waals surface area (Å²) in [5, 5.41) is 15.3. The summed E-state index contributed by atoms with van der Waals surface area (Å²) in [4.78, 5) is 38.0. The molecule has 0 bridgehead atoms. The first kappa shape index (κ1) is 27.2. The predicted molar refractivity (Wildman–Crippen MR) is 132 cm³/mol. The van der Waals surface area contributed by atoms with Gasteiger partial charge in [0.05, 0.1) is 6.61 Å². The molecule has 0 radical (unpaired) electrons. The van der Waals surface area contributed by atoms with Crippen LogP contribution in [0.2, 0.25) is 0 Å². The van der Waals surface area contributed by atoms with Gasteiger partial charge in [-0.25, -0.2) is 9.18 Å². The lowest BCUT2D eigenvalue weighted by Crippen LogP contribution is -2.29. The lowest BCUT2D eigenvalue weighted by Gasteiger charge is -2.10. The highest BCUT2D eigenvalue weighted by Gasteiger charge is 2.08. The standard InChI is InChI=1S/C25H30FN5O4/c1-31(2)13-3-4-14-35-25(34)29-21-10-5-7-18(15-21)17-28-23(32)12-11-22(27)30-24(33)19-8-6-9-20(26)16-19/h5-12,15-16H,3-4,13-14,17H2,1-2H3,(H,28,32)(H,29,34)(H2,27,30,33)/b12-11-. The maximum Gasteiger partial charge on any atom is 0.411 e. The Hall–Kier alpha value is -4.05. The minimum atomic E-state index is -0.657. The number of hydrogen-bond acceptors (Lipinski definition) is 6. The van der Waals surface area contributed by atoms with E-state index in [1.54, 1.807) is 24.3 Å². The zero-order chi connectivity index (χ0) is 25.6. The first-order valence-electron chi connectivity index (χ1n) is 11.0. The molecule has 186 valence electrons. The highest BCUT2D eigenvalue weighted by Crippen LogP contribution is 2.11. The molecule has 2 rings (SSSR count). The van der Waals surface area contributed by atoms with E-state index in [-0.39, 0.29) is 17.9 Å². The van der Waals surface area contributed by atoms with Crippen molar-refractivity contribution in [2.75, 3.05) is 32.6 Å². The SMILES string of the molecule is CN(C)CCCCOC(=O)Nc1cccc(CNC(=O)/C=C\C(=N)NC(=O)c2cccc(F)c2)c1. The van der Waals surface area contributed by atoms with E-state index in [9.17, 15) is 18.8 Å². The van der Waals surface area contributed by atoms with Gasteiger partial charge in [-0.2, -0.15) is 0 Å². The van der Waals surface area contributed by atoms with Crippen LogP contribution in [0.25, 0.3) is 0 Å². The number of ether oxygens (including phenoxy) is 1. The van der Waals surface area contributed by atoms with Gasteiger partial charge in [0, 0.05) is 23.9 Å². The number of benzene rings is 2. The number of hydrogen-bond donors (Lipinski definition) is 4. The summed E-state index contributed by atoms with van der Waals surface area (Å²) in [5.41, 5.74) is 1.34. The minimum Gasteiger partial charge on any atom is -0.449 e. The molecule has 0 atom stereocenters. The van der Waals surface area contributed by atoms with E-state index >= 15 is 0 Å². The molecule has 2 aromatic rings. The summed E-state index contributed by atoms with van der Waals surface area (Å²) in [6.45, 7) is 1.44. The Morgan fingerprint density at radius 2 is 1.83 bits per heavy atom. The average molecular weight is 484 g/mol. The zero-order valence-corrected chi connectivity index (χ0v) is 19.8. The van der Waals surface area contributed by atoms with Gasteiger partial charge in [0.25, 0.3) is 5.91 Å². The molecule has 0 heterocycles. The van der Waals surface area contributed by atoms with E-state index in [1.165, 1.54) is 18.2 Å². The van der Waals surface area contributed by atoms with Crippen LogP contribution in [0.15, 0.2) is 60.7 Å². The number of nitrogens with one attached hydrogen (secondary N) is 4. The largest absolute Gasteiger partial charge is 0.449 e. The second-order valence-corrected chi connectivity index (χ2v) is 7.90. The van der Waals surface area contributed by atoms with Gasteiger partial charge in [-0.1, -0.05) is 18.2 Å². The fourth-order valence-corrected chi connectivity index (χ4v) is 2.88. The summed E-state index contributed by atoms with van der Waals surface area (Å²) in [7, 11) is 3.97. The lowest BCUT2D eigenvalue weighted by atomic mass is 10.2. The molecule has 10 heteroatoms. The van der Waals surface area contributed by atoms with Crippen LogP contribution in [0, 0.1) is 11.2 Å². The van der Waals surface area contributed by atoms with Crippen molar-refractivity contribution in [2.45, 2.75) is 19.4 Å². The summed E-state index contributed by atoms with van der Waals surface area (Å²) in [6.07, 6.45) is 3.39. The number of carbonyl (C=O) groups is 3. The van der Waals surface area contributed by atoms with Crippen LogP contribution < -0.4 is 16.0 Å². The Balaban J connectivity index is 1.74. The molecular formula is C25H30FN5O4. The van der Waals surface area contributed by atoms with Gasteiger partial charge >= 0.3 is 6.09 Å². The van der Waals surface area contributed by atoms with Gasteiger partial charge < -0.3 is 20.3 Å².